The van der Waals surface area contributed by atoms with Gasteiger partial charge in [0, 0.05) is 18.7 Å². The van der Waals surface area contributed by atoms with Gasteiger partial charge in [0.2, 0.25) is 0 Å². The van der Waals surface area contributed by atoms with E-state index < -0.39 is 29.6 Å². The number of alkyl halides is 6. The molecule has 0 atom stereocenters. The Bertz CT molecular complexity index is 847. The summed E-state index contributed by atoms with van der Waals surface area (Å²) in [6, 6.07) is 1.76. The van der Waals surface area contributed by atoms with E-state index in [1.54, 1.807) is 0 Å². The molecule has 1 amide bonds. The van der Waals surface area contributed by atoms with Crippen LogP contribution in [0.5, 0.6) is 0 Å². The Hall–Kier alpha value is -2.52. The Labute approximate surface area is 150 Å². The molecule has 2 aromatic rings. The van der Waals surface area contributed by atoms with Crippen LogP contribution in [0.15, 0.2) is 18.3 Å². The molecule has 0 bridgehead atoms. The topological polar surface area (TPSA) is 57.8 Å². The normalized spacial score (nSPS) is 15.1. The molecule has 0 unspecified atom stereocenters. The second-order valence-corrected chi connectivity index (χ2v) is 6.45. The fourth-order valence-electron chi connectivity index (χ4n) is 2.71. The van der Waals surface area contributed by atoms with Crippen molar-refractivity contribution in [1.29, 1.82) is 0 Å². The van der Waals surface area contributed by atoms with Crippen LogP contribution >= 0.6 is 0 Å². The fraction of sp³-hybridized carbons (Fsp3) is 0.412. The van der Waals surface area contributed by atoms with E-state index in [9.17, 15) is 31.1 Å². The van der Waals surface area contributed by atoms with Gasteiger partial charge in [-0.2, -0.15) is 26.3 Å². The van der Waals surface area contributed by atoms with Crippen molar-refractivity contribution >= 4 is 5.91 Å². The highest BCUT2D eigenvalue weighted by Gasteiger charge is 2.38. The molecule has 1 aliphatic carbocycles. The largest absolute Gasteiger partial charge is 0.433 e. The van der Waals surface area contributed by atoms with Gasteiger partial charge in [0.1, 0.15) is 17.1 Å². The number of halogens is 6. The van der Waals surface area contributed by atoms with Gasteiger partial charge in [0.05, 0.1) is 0 Å². The van der Waals surface area contributed by atoms with Gasteiger partial charge in [0.15, 0.2) is 0 Å². The van der Waals surface area contributed by atoms with Crippen LogP contribution in [0, 0.1) is 6.92 Å². The van der Waals surface area contributed by atoms with E-state index >= 15 is 0 Å². The molecule has 1 fully saturated rings. The van der Waals surface area contributed by atoms with Crippen molar-refractivity contribution in [2.45, 2.75) is 44.6 Å². The maximum absolute atomic E-state index is 13.4. The summed E-state index contributed by atoms with van der Waals surface area (Å²) >= 11 is 0. The lowest BCUT2D eigenvalue weighted by atomic mass is 10.0. The first-order valence-electron chi connectivity index (χ1n) is 8.08. The molecule has 2 heterocycles. The first-order chi connectivity index (χ1) is 12.5. The molecule has 146 valence electrons. The molecule has 2 aromatic heterocycles. The third-order valence-electron chi connectivity index (χ3n) is 4.30. The molecule has 3 rings (SSSR count). The monoisotopic (exact) mass is 391 g/mol. The molecule has 0 spiro atoms. The summed E-state index contributed by atoms with van der Waals surface area (Å²) in [6.07, 6.45) is -7.23. The van der Waals surface area contributed by atoms with E-state index in [2.05, 4.69) is 15.3 Å². The van der Waals surface area contributed by atoms with Gasteiger partial charge in [-0.3, -0.25) is 9.78 Å². The summed E-state index contributed by atoms with van der Waals surface area (Å²) < 4.78 is 77.8. The van der Waals surface area contributed by atoms with Crippen LogP contribution in [0.1, 0.15) is 51.4 Å². The van der Waals surface area contributed by atoms with Crippen molar-refractivity contribution in [3.05, 3.63) is 52.1 Å². The maximum Gasteiger partial charge on any atom is 0.433 e. The van der Waals surface area contributed by atoms with Crippen LogP contribution in [0.2, 0.25) is 0 Å². The minimum absolute atomic E-state index is 0.0305. The summed E-state index contributed by atoms with van der Waals surface area (Å²) in [5.74, 6) is -0.628. The highest BCUT2D eigenvalue weighted by atomic mass is 19.4. The third-order valence-corrected chi connectivity index (χ3v) is 4.30. The lowest BCUT2D eigenvalue weighted by Crippen LogP contribution is -2.26. The summed E-state index contributed by atoms with van der Waals surface area (Å²) in [7, 11) is 0. The quantitative estimate of drug-likeness (QED) is 0.766. The van der Waals surface area contributed by atoms with Crippen molar-refractivity contribution in [2.24, 2.45) is 0 Å². The van der Waals surface area contributed by atoms with Gasteiger partial charge < -0.3 is 10.3 Å². The first kappa shape index (κ1) is 19.2. The van der Waals surface area contributed by atoms with Crippen LogP contribution in [0.3, 0.4) is 0 Å². The van der Waals surface area contributed by atoms with Gasteiger partial charge in [-0.15, -0.1) is 0 Å². The van der Waals surface area contributed by atoms with Crippen molar-refractivity contribution in [1.82, 2.24) is 15.3 Å². The van der Waals surface area contributed by atoms with E-state index in [0.717, 1.165) is 25.1 Å². The van der Waals surface area contributed by atoms with Crippen LogP contribution in [-0.2, 0) is 18.8 Å². The van der Waals surface area contributed by atoms with Gasteiger partial charge in [-0.1, -0.05) is 6.07 Å². The van der Waals surface area contributed by atoms with Gasteiger partial charge in [0.25, 0.3) is 5.91 Å². The predicted molar refractivity (Wildman–Crippen MR) is 83.1 cm³/mol. The maximum atomic E-state index is 13.4. The van der Waals surface area contributed by atoms with E-state index in [1.165, 1.54) is 6.92 Å². The molecule has 27 heavy (non-hydrogen) atoms. The van der Waals surface area contributed by atoms with Gasteiger partial charge in [-0.25, -0.2) is 0 Å². The second-order valence-electron chi connectivity index (χ2n) is 6.45. The molecule has 10 heteroatoms. The molecular weight excluding hydrogens is 376 g/mol. The zero-order valence-electron chi connectivity index (χ0n) is 14.1. The fourth-order valence-corrected chi connectivity index (χ4v) is 2.71. The minimum atomic E-state index is -4.74. The van der Waals surface area contributed by atoms with Crippen LogP contribution in [0.25, 0.3) is 0 Å². The molecule has 2 N–H and O–H groups in total. The zero-order valence-corrected chi connectivity index (χ0v) is 14.1. The van der Waals surface area contributed by atoms with E-state index in [0.29, 0.717) is 6.07 Å². The number of carbonyl (C=O) groups excluding carboxylic acids is 1. The number of carbonyl (C=O) groups is 1. The Kier molecular flexibility index (Phi) is 4.69. The molecule has 4 nitrogen and oxygen atoms in total. The Morgan fingerprint density at radius 2 is 1.85 bits per heavy atom. The molecule has 0 aliphatic heterocycles. The number of hydrogen-bond acceptors (Lipinski definition) is 2. The summed E-state index contributed by atoms with van der Waals surface area (Å²) in [4.78, 5) is 17.6. The van der Waals surface area contributed by atoms with Crippen molar-refractivity contribution in [2.75, 3.05) is 0 Å². The first-order valence-corrected chi connectivity index (χ1v) is 8.08. The van der Waals surface area contributed by atoms with Crippen molar-refractivity contribution in [3.63, 3.8) is 0 Å². The number of pyridine rings is 1. The number of nitrogens with zero attached hydrogens (tertiary/aromatic N) is 1. The molecule has 1 aliphatic rings. The standard InChI is InChI=1S/C17H15F6N3O/c1-8-11(6-9-2-5-12(24-7-9)16(18,19)20)14(17(21,22)23)26-13(8)15(27)25-10-3-4-10/h2,5,7,10,26H,3-4,6H2,1H3,(H,25,27). The number of H-pyrrole nitrogens is 1. The van der Waals surface area contributed by atoms with Crippen molar-refractivity contribution < 1.29 is 31.1 Å². The molecule has 1 saturated carbocycles. The minimum Gasteiger partial charge on any atom is -0.348 e. The SMILES string of the molecule is Cc1c(C(=O)NC2CC2)[nH]c(C(F)(F)F)c1Cc1ccc(C(F)(F)F)nc1. The van der Waals surface area contributed by atoms with Crippen LogP contribution in [0.4, 0.5) is 26.3 Å². The van der Waals surface area contributed by atoms with E-state index in [4.69, 9.17) is 0 Å². The predicted octanol–water partition coefficient (Wildman–Crippen LogP) is 4.24. The third kappa shape index (κ3) is 4.25. The van der Waals surface area contributed by atoms with Gasteiger partial charge >= 0.3 is 12.4 Å². The van der Waals surface area contributed by atoms with Crippen molar-refractivity contribution in [3.8, 4) is 0 Å². The molecule has 0 aromatic carbocycles. The smallest absolute Gasteiger partial charge is 0.348 e. The molecule has 0 saturated heterocycles. The summed E-state index contributed by atoms with van der Waals surface area (Å²) in [5.41, 5.74) is -2.31. The number of rotatable bonds is 4. The lowest BCUT2D eigenvalue weighted by molar-refractivity contribution is -0.142. The lowest BCUT2D eigenvalue weighted by Gasteiger charge is -2.10. The number of hydrogen-bond donors (Lipinski definition) is 2. The molecule has 0 radical (unpaired) electrons. The average molecular weight is 391 g/mol. The number of nitrogens with one attached hydrogen (secondary N) is 2. The number of aromatic nitrogens is 2. The Balaban J connectivity index is 1.93. The molecular formula is C17H15F6N3O. The van der Waals surface area contributed by atoms with Crippen LogP contribution < -0.4 is 5.32 Å². The number of aromatic amines is 1. The van der Waals surface area contributed by atoms with E-state index in [-0.39, 0.29) is 34.8 Å². The highest BCUT2D eigenvalue weighted by Crippen LogP contribution is 2.36. The van der Waals surface area contributed by atoms with E-state index in [1.807, 2.05) is 0 Å². The average Bonchev–Trinajstić information content (AvgIpc) is 3.29. The Morgan fingerprint density at radius 1 is 1.19 bits per heavy atom. The van der Waals surface area contributed by atoms with Crippen LogP contribution in [-0.4, -0.2) is 21.9 Å². The zero-order chi connectivity index (χ0) is 20.0. The highest BCUT2D eigenvalue weighted by molar-refractivity contribution is 5.95. The summed E-state index contributed by atoms with van der Waals surface area (Å²) in [5, 5.41) is 2.62. The Morgan fingerprint density at radius 3 is 2.33 bits per heavy atom. The van der Waals surface area contributed by atoms with Gasteiger partial charge in [-0.05, 0) is 42.5 Å². The number of amides is 1. The second kappa shape index (κ2) is 6.58. The summed E-state index contributed by atoms with van der Waals surface area (Å²) in [6.45, 7) is 1.38.